The standard InChI is InChI=1S/C12H9ClN2O4/c1-5-6(7-3-8(12(16)17)15-14-7)2-9-11(10(5)13)19-4-18-9/h2-3H,4H2,1H3,(H,14,15)(H,16,17). The van der Waals surface area contributed by atoms with E-state index in [0.29, 0.717) is 27.8 Å². The number of hydrogen-bond donors (Lipinski definition) is 2. The van der Waals surface area contributed by atoms with Crippen LogP contribution < -0.4 is 9.47 Å². The number of carboxylic acid groups (broad SMARTS) is 1. The van der Waals surface area contributed by atoms with Crippen LogP contribution in [-0.4, -0.2) is 28.1 Å². The summed E-state index contributed by atoms with van der Waals surface area (Å²) in [7, 11) is 0. The van der Waals surface area contributed by atoms with Gasteiger partial charge in [0.25, 0.3) is 0 Å². The first-order valence-corrected chi connectivity index (χ1v) is 5.83. The number of H-pyrrole nitrogens is 1. The molecular formula is C12H9ClN2O4. The summed E-state index contributed by atoms with van der Waals surface area (Å²) < 4.78 is 10.6. The Labute approximate surface area is 112 Å². The van der Waals surface area contributed by atoms with Gasteiger partial charge in [-0.1, -0.05) is 11.6 Å². The molecule has 1 aliphatic rings. The Hall–Kier alpha value is -2.21. The Morgan fingerprint density at radius 2 is 2.26 bits per heavy atom. The number of aromatic nitrogens is 2. The van der Waals surface area contributed by atoms with Crippen LogP contribution in [0.1, 0.15) is 16.1 Å². The van der Waals surface area contributed by atoms with Gasteiger partial charge in [-0.15, -0.1) is 0 Å². The van der Waals surface area contributed by atoms with Crippen molar-refractivity contribution >= 4 is 17.6 Å². The molecule has 1 aromatic heterocycles. The van der Waals surface area contributed by atoms with E-state index in [2.05, 4.69) is 10.2 Å². The summed E-state index contributed by atoms with van der Waals surface area (Å²) >= 11 is 6.20. The van der Waals surface area contributed by atoms with Crippen LogP contribution in [0.2, 0.25) is 5.02 Å². The summed E-state index contributed by atoms with van der Waals surface area (Å²) in [6, 6.07) is 3.19. The Morgan fingerprint density at radius 1 is 1.47 bits per heavy atom. The SMILES string of the molecule is Cc1c(-c2cc(C(=O)O)[nH]n2)cc2c(c1Cl)OCO2. The van der Waals surface area contributed by atoms with E-state index in [1.54, 1.807) is 6.07 Å². The van der Waals surface area contributed by atoms with E-state index >= 15 is 0 Å². The van der Waals surface area contributed by atoms with Crippen molar-refractivity contribution in [3.05, 3.63) is 28.4 Å². The first kappa shape index (κ1) is 11.9. The lowest BCUT2D eigenvalue weighted by Gasteiger charge is -2.07. The van der Waals surface area contributed by atoms with Gasteiger partial charge in [-0.2, -0.15) is 5.10 Å². The quantitative estimate of drug-likeness (QED) is 0.883. The van der Waals surface area contributed by atoms with Gasteiger partial charge in [-0.05, 0) is 24.6 Å². The van der Waals surface area contributed by atoms with Crippen LogP contribution in [0.25, 0.3) is 11.3 Å². The van der Waals surface area contributed by atoms with E-state index < -0.39 is 5.97 Å². The summed E-state index contributed by atoms with van der Waals surface area (Å²) in [6.07, 6.45) is 0. The maximum absolute atomic E-state index is 10.8. The number of aromatic amines is 1. The van der Waals surface area contributed by atoms with Gasteiger partial charge < -0.3 is 14.6 Å². The van der Waals surface area contributed by atoms with E-state index in [1.165, 1.54) is 6.07 Å². The molecule has 19 heavy (non-hydrogen) atoms. The molecule has 0 amide bonds. The lowest BCUT2D eigenvalue weighted by Crippen LogP contribution is -1.95. The minimum absolute atomic E-state index is 0.0168. The van der Waals surface area contributed by atoms with E-state index in [-0.39, 0.29) is 12.5 Å². The van der Waals surface area contributed by atoms with Crippen molar-refractivity contribution in [2.75, 3.05) is 6.79 Å². The van der Waals surface area contributed by atoms with Gasteiger partial charge in [0.05, 0.1) is 10.7 Å². The fourth-order valence-electron chi connectivity index (χ4n) is 1.93. The summed E-state index contributed by atoms with van der Waals surface area (Å²) in [6.45, 7) is 1.94. The molecule has 0 saturated carbocycles. The molecule has 0 aliphatic carbocycles. The third-order valence-electron chi connectivity index (χ3n) is 2.93. The van der Waals surface area contributed by atoms with Crippen molar-refractivity contribution in [1.82, 2.24) is 10.2 Å². The second-order valence-corrected chi connectivity index (χ2v) is 4.45. The van der Waals surface area contributed by atoms with E-state index in [1.807, 2.05) is 6.92 Å². The highest BCUT2D eigenvalue weighted by molar-refractivity contribution is 6.33. The molecule has 1 aliphatic heterocycles. The van der Waals surface area contributed by atoms with Crippen LogP contribution in [0.5, 0.6) is 11.5 Å². The molecule has 98 valence electrons. The lowest BCUT2D eigenvalue weighted by atomic mass is 10.0. The minimum Gasteiger partial charge on any atom is -0.477 e. The lowest BCUT2D eigenvalue weighted by molar-refractivity contribution is 0.0690. The normalized spacial score (nSPS) is 12.7. The zero-order valence-corrected chi connectivity index (χ0v) is 10.6. The predicted molar refractivity (Wildman–Crippen MR) is 66.9 cm³/mol. The Kier molecular flexibility index (Phi) is 2.60. The molecule has 6 nitrogen and oxygen atoms in total. The molecule has 0 saturated heterocycles. The van der Waals surface area contributed by atoms with Crippen molar-refractivity contribution in [2.45, 2.75) is 6.92 Å². The fraction of sp³-hybridized carbons (Fsp3) is 0.167. The first-order valence-electron chi connectivity index (χ1n) is 5.45. The van der Waals surface area contributed by atoms with Crippen molar-refractivity contribution in [2.24, 2.45) is 0 Å². The second-order valence-electron chi connectivity index (χ2n) is 4.07. The molecule has 0 atom stereocenters. The summed E-state index contributed by atoms with van der Waals surface area (Å²) in [5, 5.41) is 15.8. The third kappa shape index (κ3) is 1.80. The van der Waals surface area contributed by atoms with Gasteiger partial charge in [0.15, 0.2) is 11.5 Å². The fourth-order valence-corrected chi connectivity index (χ4v) is 2.18. The van der Waals surface area contributed by atoms with E-state index in [0.717, 1.165) is 5.56 Å². The van der Waals surface area contributed by atoms with Crippen LogP contribution in [-0.2, 0) is 0 Å². The first-order chi connectivity index (χ1) is 9.08. The molecular weight excluding hydrogens is 272 g/mol. The van der Waals surface area contributed by atoms with Gasteiger partial charge in [0.2, 0.25) is 6.79 Å². The largest absolute Gasteiger partial charge is 0.477 e. The molecule has 0 spiro atoms. The van der Waals surface area contributed by atoms with Crippen LogP contribution in [0.4, 0.5) is 0 Å². The molecule has 3 rings (SSSR count). The molecule has 2 N–H and O–H groups in total. The van der Waals surface area contributed by atoms with Gasteiger partial charge >= 0.3 is 5.97 Å². The highest BCUT2D eigenvalue weighted by Gasteiger charge is 2.23. The minimum atomic E-state index is -1.07. The van der Waals surface area contributed by atoms with Crippen molar-refractivity contribution in [3.8, 4) is 22.8 Å². The molecule has 0 fully saturated rings. The van der Waals surface area contributed by atoms with Crippen molar-refractivity contribution in [3.63, 3.8) is 0 Å². The number of ether oxygens (including phenoxy) is 2. The number of carboxylic acids is 1. The number of nitrogens with one attached hydrogen (secondary N) is 1. The van der Waals surface area contributed by atoms with Gasteiger partial charge in [-0.25, -0.2) is 4.79 Å². The number of rotatable bonds is 2. The van der Waals surface area contributed by atoms with Crippen molar-refractivity contribution in [1.29, 1.82) is 0 Å². The molecule has 1 aromatic carbocycles. The van der Waals surface area contributed by atoms with Crippen LogP contribution in [0.3, 0.4) is 0 Å². The van der Waals surface area contributed by atoms with Crippen LogP contribution in [0.15, 0.2) is 12.1 Å². The average Bonchev–Trinajstić information content (AvgIpc) is 3.01. The number of hydrogen-bond acceptors (Lipinski definition) is 4. The molecule has 2 aromatic rings. The van der Waals surface area contributed by atoms with Crippen molar-refractivity contribution < 1.29 is 19.4 Å². The zero-order chi connectivity index (χ0) is 13.6. The van der Waals surface area contributed by atoms with Crippen LogP contribution >= 0.6 is 11.6 Å². The number of benzene rings is 1. The van der Waals surface area contributed by atoms with E-state index in [9.17, 15) is 4.79 Å². The number of fused-ring (bicyclic) bond motifs is 1. The molecule has 7 heteroatoms. The summed E-state index contributed by atoms with van der Waals surface area (Å²) in [5.41, 5.74) is 1.98. The summed E-state index contributed by atoms with van der Waals surface area (Å²) in [5.74, 6) is -0.0226. The third-order valence-corrected chi connectivity index (χ3v) is 3.39. The average molecular weight is 281 g/mol. The van der Waals surface area contributed by atoms with E-state index in [4.69, 9.17) is 26.2 Å². The Balaban J connectivity index is 2.14. The second kappa shape index (κ2) is 4.17. The number of halogens is 1. The van der Waals surface area contributed by atoms with Gasteiger partial charge in [0, 0.05) is 5.56 Å². The molecule has 0 bridgehead atoms. The maximum Gasteiger partial charge on any atom is 0.353 e. The molecule has 0 unspecified atom stereocenters. The highest BCUT2D eigenvalue weighted by atomic mass is 35.5. The topological polar surface area (TPSA) is 84.4 Å². The smallest absolute Gasteiger partial charge is 0.353 e. The Morgan fingerprint density at radius 3 is 2.95 bits per heavy atom. The molecule has 0 radical (unpaired) electrons. The van der Waals surface area contributed by atoms with Gasteiger partial charge in [-0.3, -0.25) is 5.10 Å². The number of aromatic carboxylic acids is 1. The monoisotopic (exact) mass is 280 g/mol. The number of nitrogens with zero attached hydrogens (tertiary/aromatic N) is 1. The highest BCUT2D eigenvalue weighted by Crippen LogP contribution is 2.44. The number of carbonyl (C=O) groups is 1. The van der Waals surface area contributed by atoms with Crippen LogP contribution in [0, 0.1) is 6.92 Å². The Bertz CT molecular complexity index is 681. The summed E-state index contributed by atoms with van der Waals surface area (Å²) in [4.78, 5) is 10.8. The predicted octanol–water partition coefficient (Wildman–Crippen LogP) is 2.47. The molecule has 2 heterocycles. The zero-order valence-electron chi connectivity index (χ0n) is 9.86. The maximum atomic E-state index is 10.8. The van der Waals surface area contributed by atoms with Gasteiger partial charge in [0.1, 0.15) is 5.69 Å².